The van der Waals surface area contributed by atoms with Crippen LogP contribution in [-0.4, -0.2) is 16.9 Å². The molecule has 0 radical (unpaired) electrons. The molecule has 3 N–H and O–H groups in total. The second kappa shape index (κ2) is 9.23. The zero-order chi connectivity index (χ0) is 23.5. The Balaban J connectivity index is 1.44. The van der Waals surface area contributed by atoms with Gasteiger partial charge in [0, 0.05) is 11.4 Å². The van der Waals surface area contributed by atoms with Gasteiger partial charge in [0.25, 0.3) is 5.91 Å². The third-order valence-electron chi connectivity index (χ3n) is 5.74. The maximum absolute atomic E-state index is 13.4. The van der Waals surface area contributed by atoms with Crippen molar-refractivity contribution in [1.82, 2.24) is 10.3 Å². The highest BCUT2D eigenvalue weighted by atomic mass is 16.4. The van der Waals surface area contributed by atoms with E-state index in [1.807, 2.05) is 85.8 Å². The van der Waals surface area contributed by atoms with Gasteiger partial charge in [-0.05, 0) is 48.7 Å². The smallest absolute Gasteiger partial charge is 0.302 e. The van der Waals surface area contributed by atoms with E-state index in [1.165, 1.54) is 5.56 Å². The lowest BCUT2D eigenvalue weighted by molar-refractivity contribution is -0.113. The van der Waals surface area contributed by atoms with E-state index in [0.717, 1.165) is 23.2 Å². The Kier molecular flexibility index (Phi) is 5.82. The molecule has 0 aliphatic carbocycles. The zero-order valence-corrected chi connectivity index (χ0v) is 19.0. The number of aryl methyl sites for hydroxylation is 1. The van der Waals surface area contributed by atoms with E-state index in [-0.39, 0.29) is 5.91 Å². The van der Waals surface area contributed by atoms with Crippen LogP contribution in [0, 0.1) is 0 Å². The molecule has 4 aromatic rings. The van der Waals surface area contributed by atoms with Gasteiger partial charge in [-0.3, -0.25) is 10.1 Å². The van der Waals surface area contributed by atoms with Crippen LogP contribution in [-0.2, 0) is 11.2 Å². The Bertz CT molecular complexity index is 1350. The summed E-state index contributed by atoms with van der Waals surface area (Å²) in [6.45, 7) is 3.97. The minimum absolute atomic E-state index is 0.201. The summed E-state index contributed by atoms with van der Waals surface area (Å²) in [5.74, 6) is 0.259. The molecular formula is C27H25N5O2. The van der Waals surface area contributed by atoms with E-state index in [9.17, 15) is 4.79 Å². The van der Waals surface area contributed by atoms with E-state index in [0.29, 0.717) is 28.8 Å². The molecule has 1 aliphatic heterocycles. The fourth-order valence-electron chi connectivity index (χ4n) is 3.96. The molecule has 1 amide bonds. The summed E-state index contributed by atoms with van der Waals surface area (Å²) >= 11 is 0. The average molecular weight is 452 g/mol. The van der Waals surface area contributed by atoms with Crippen molar-refractivity contribution in [3.63, 3.8) is 0 Å². The zero-order valence-electron chi connectivity index (χ0n) is 19.0. The van der Waals surface area contributed by atoms with Crippen LogP contribution in [0.3, 0.4) is 0 Å². The van der Waals surface area contributed by atoms with Crippen LogP contribution in [0.5, 0.6) is 0 Å². The lowest BCUT2D eigenvalue weighted by atomic mass is 9.95. The van der Waals surface area contributed by atoms with Crippen molar-refractivity contribution in [2.45, 2.75) is 26.3 Å². The van der Waals surface area contributed by atoms with E-state index >= 15 is 0 Å². The van der Waals surface area contributed by atoms with E-state index in [4.69, 9.17) is 9.41 Å². The molecule has 0 unspecified atom stereocenters. The number of carbonyl (C=O) groups is 1. The molecule has 2 heterocycles. The summed E-state index contributed by atoms with van der Waals surface area (Å²) in [5, 5.41) is 9.34. The monoisotopic (exact) mass is 451 g/mol. The fourth-order valence-corrected chi connectivity index (χ4v) is 3.96. The van der Waals surface area contributed by atoms with Crippen molar-refractivity contribution in [3.05, 3.63) is 101 Å². The van der Waals surface area contributed by atoms with Gasteiger partial charge in [0.15, 0.2) is 5.58 Å². The molecule has 0 saturated heterocycles. The van der Waals surface area contributed by atoms with Gasteiger partial charge in [-0.25, -0.2) is 4.99 Å². The molecule has 170 valence electrons. The number of benzene rings is 3. The normalized spacial score (nSPS) is 15.6. The number of nitrogens with zero attached hydrogens (tertiary/aromatic N) is 2. The van der Waals surface area contributed by atoms with Crippen LogP contribution < -0.4 is 16.0 Å². The quantitative estimate of drug-likeness (QED) is 0.377. The maximum atomic E-state index is 13.4. The van der Waals surface area contributed by atoms with E-state index in [2.05, 4.69) is 27.9 Å². The van der Waals surface area contributed by atoms with Crippen LogP contribution in [0.2, 0.25) is 0 Å². The van der Waals surface area contributed by atoms with Gasteiger partial charge in [0.05, 0.1) is 5.57 Å². The van der Waals surface area contributed by atoms with Gasteiger partial charge in [-0.2, -0.15) is 4.98 Å². The fraction of sp³-hybridized carbons (Fsp3) is 0.148. The van der Waals surface area contributed by atoms with E-state index < -0.39 is 6.04 Å². The number of anilines is 2. The number of amides is 1. The predicted molar refractivity (Wildman–Crippen MR) is 135 cm³/mol. The Morgan fingerprint density at radius 2 is 1.74 bits per heavy atom. The summed E-state index contributed by atoms with van der Waals surface area (Å²) in [7, 11) is 0. The highest BCUT2D eigenvalue weighted by molar-refractivity contribution is 6.07. The number of carbonyl (C=O) groups excluding carboxylic acids is 1. The predicted octanol–water partition coefficient (Wildman–Crippen LogP) is 5.42. The molecule has 1 atom stereocenters. The lowest BCUT2D eigenvalue weighted by Crippen LogP contribution is -2.37. The van der Waals surface area contributed by atoms with Gasteiger partial charge in [0.2, 0.25) is 5.96 Å². The lowest BCUT2D eigenvalue weighted by Gasteiger charge is -2.26. The number of oxazole rings is 1. The van der Waals surface area contributed by atoms with Gasteiger partial charge in [0.1, 0.15) is 11.6 Å². The molecule has 0 bridgehead atoms. The highest BCUT2D eigenvalue weighted by Crippen LogP contribution is 2.32. The summed E-state index contributed by atoms with van der Waals surface area (Å²) in [4.78, 5) is 22.6. The van der Waals surface area contributed by atoms with Gasteiger partial charge < -0.3 is 15.1 Å². The topological polar surface area (TPSA) is 91.6 Å². The summed E-state index contributed by atoms with van der Waals surface area (Å²) < 4.78 is 5.78. The first kappa shape index (κ1) is 21.5. The van der Waals surface area contributed by atoms with Crippen molar-refractivity contribution in [3.8, 4) is 0 Å². The van der Waals surface area contributed by atoms with Crippen LogP contribution >= 0.6 is 0 Å². The number of guanidine groups is 1. The second-order valence-electron chi connectivity index (χ2n) is 8.07. The molecule has 1 aliphatic rings. The van der Waals surface area contributed by atoms with E-state index in [1.54, 1.807) is 0 Å². The van der Waals surface area contributed by atoms with Crippen LogP contribution in [0.1, 0.15) is 31.0 Å². The molecule has 34 heavy (non-hydrogen) atoms. The molecule has 3 aromatic carbocycles. The molecule has 0 saturated carbocycles. The van der Waals surface area contributed by atoms with Crippen molar-refractivity contribution < 1.29 is 9.21 Å². The number of aromatic nitrogens is 1. The van der Waals surface area contributed by atoms with Gasteiger partial charge in [-0.15, -0.1) is 0 Å². The molecule has 5 rings (SSSR count). The van der Waals surface area contributed by atoms with Crippen LogP contribution in [0.4, 0.5) is 11.7 Å². The van der Waals surface area contributed by atoms with Crippen molar-refractivity contribution in [2.75, 3.05) is 10.6 Å². The standard InChI is InChI=1S/C27H25N5O2/c1-3-18-13-15-20(16-14-18)29-25(33)23-17(2)28-26(31-24(23)19-9-5-4-6-10-19)32-27-30-21-11-7-8-12-22(21)34-27/h4-16,24H,3H2,1-2H3,(H,29,33)(H2,28,30,31,32)/t24-/m1/s1. The Labute approximate surface area is 197 Å². The number of aliphatic imine (C=N–C) groups is 1. The Morgan fingerprint density at radius 3 is 2.47 bits per heavy atom. The molecule has 7 nitrogen and oxygen atoms in total. The molecular weight excluding hydrogens is 426 g/mol. The molecule has 1 aromatic heterocycles. The minimum Gasteiger partial charge on any atom is -0.423 e. The number of hydrogen-bond donors (Lipinski definition) is 3. The first-order valence-electron chi connectivity index (χ1n) is 11.2. The number of allylic oxidation sites excluding steroid dienone is 1. The van der Waals surface area contributed by atoms with Crippen molar-refractivity contribution in [2.24, 2.45) is 4.99 Å². The number of nitrogens with one attached hydrogen (secondary N) is 3. The highest BCUT2D eigenvalue weighted by Gasteiger charge is 2.29. The third kappa shape index (κ3) is 4.41. The number of rotatable bonds is 5. The third-order valence-corrected chi connectivity index (χ3v) is 5.74. The van der Waals surface area contributed by atoms with Crippen molar-refractivity contribution >= 4 is 34.7 Å². The number of fused-ring (bicyclic) bond motifs is 1. The van der Waals surface area contributed by atoms with Gasteiger partial charge >= 0.3 is 6.01 Å². The first-order chi connectivity index (χ1) is 16.6. The molecule has 0 fully saturated rings. The van der Waals surface area contributed by atoms with Gasteiger partial charge in [-0.1, -0.05) is 61.5 Å². The second-order valence-corrected chi connectivity index (χ2v) is 8.07. The SMILES string of the molecule is CCc1ccc(NC(=O)C2=C(C)NC(Nc3nc4ccccc4o3)=N[C@@H]2c2ccccc2)cc1. The largest absolute Gasteiger partial charge is 0.423 e. The summed E-state index contributed by atoms with van der Waals surface area (Å²) in [5.41, 5.74) is 5.55. The Morgan fingerprint density at radius 1 is 1.00 bits per heavy atom. The first-order valence-corrected chi connectivity index (χ1v) is 11.2. The minimum atomic E-state index is -0.496. The Hall–Kier alpha value is -4.39. The van der Waals surface area contributed by atoms with Crippen LogP contribution in [0.15, 0.2) is 99.5 Å². The summed E-state index contributed by atoms with van der Waals surface area (Å²) in [6.07, 6.45) is 0.947. The van der Waals surface area contributed by atoms with Crippen molar-refractivity contribution in [1.29, 1.82) is 0 Å². The number of para-hydroxylation sites is 2. The molecule has 0 spiro atoms. The average Bonchev–Trinajstić information content (AvgIpc) is 3.27. The van der Waals surface area contributed by atoms with Crippen LogP contribution in [0.25, 0.3) is 11.1 Å². The maximum Gasteiger partial charge on any atom is 0.302 e. The molecule has 7 heteroatoms. The summed E-state index contributed by atoms with van der Waals surface area (Å²) in [6, 6.07) is 25.0. The number of hydrogen-bond acceptors (Lipinski definition) is 6.